The maximum Gasteiger partial charge on any atom is 0.196 e. The van der Waals surface area contributed by atoms with Crippen LogP contribution in [0.3, 0.4) is 0 Å². The third kappa shape index (κ3) is 3.08. The molecule has 0 saturated carbocycles. The Morgan fingerprint density at radius 1 is 1.12 bits per heavy atom. The molecular formula is C21H16N2O3. The fourth-order valence-electron chi connectivity index (χ4n) is 2.75. The summed E-state index contributed by atoms with van der Waals surface area (Å²) < 4.78 is 5.34. The number of anilines is 1. The van der Waals surface area contributed by atoms with Gasteiger partial charge in [-0.05, 0) is 54.1 Å². The maximum atomic E-state index is 12.8. The lowest BCUT2D eigenvalue weighted by Gasteiger charge is -2.14. The van der Waals surface area contributed by atoms with E-state index in [9.17, 15) is 9.90 Å². The number of nitrogens with two attached hydrogens (primary N) is 1. The van der Waals surface area contributed by atoms with Gasteiger partial charge in [0.1, 0.15) is 11.5 Å². The highest BCUT2D eigenvalue weighted by Crippen LogP contribution is 2.41. The summed E-state index contributed by atoms with van der Waals surface area (Å²) in [5, 5.41) is 19.7. The number of carbonyl (C=O) groups is 1. The van der Waals surface area contributed by atoms with Gasteiger partial charge in [-0.1, -0.05) is 12.1 Å². The molecule has 0 spiro atoms. The van der Waals surface area contributed by atoms with Gasteiger partial charge < -0.3 is 15.6 Å². The number of hydrogen-bond donors (Lipinski definition) is 2. The fraction of sp³-hybridized carbons (Fsp3) is 0.0476. The number of phenols is 1. The molecule has 0 fully saturated rings. The van der Waals surface area contributed by atoms with Crippen LogP contribution in [0, 0.1) is 11.3 Å². The number of aromatic hydroxyl groups is 1. The number of rotatable bonds is 4. The molecule has 0 aliphatic heterocycles. The summed E-state index contributed by atoms with van der Waals surface area (Å²) in [4.78, 5) is 12.8. The van der Waals surface area contributed by atoms with Crippen molar-refractivity contribution in [3.05, 3.63) is 77.4 Å². The van der Waals surface area contributed by atoms with Gasteiger partial charge in [0, 0.05) is 11.3 Å². The van der Waals surface area contributed by atoms with Crippen molar-refractivity contribution < 1.29 is 14.6 Å². The van der Waals surface area contributed by atoms with Gasteiger partial charge in [-0.3, -0.25) is 4.79 Å². The van der Waals surface area contributed by atoms with E-state index in [0.29, 0.717) is 33.7 Å². The molecular weight excluding hydrogens is 328 g/mol. The average molecular weight is 344 g/mol. The summed E-state index contributed by atoms with van der Waals surface area (Å²) in [5.74, 6) is -0.0893. The molecule has 0 amide bonds. The summed E-state index contributed by atoms with van der Waals surface area (Å²) in [6, 6.07) is 18.4. The Labute approximate surface area is 150 Å². The first-order valence-corrected chi connectivity index (χ1v) is 7.86. The van der Waals surface area contributed by atoms with Gasteiger partial charge in [0.15, 0.2) is 5.78 Å². The van der Waals surface area contributed by atoms with Crippen LogP contribution in [0.25, 0.3) is 11.1 Å². The third-order valence-corrected chi connectivity index (χ3v) is 4.06. The largest absolute Gasteiger partial charge is 0.506 e. The summed E-state index contributed by atoms with van der Waals surface area (Å²) >= 11 is 0. The van der Waals surface area contributed by atoms with Gasteiger partial charge in [-0.2, -0.15) is 5.26 Å². The van der Waals surface area contributed by atoms with Crippen molar-refractivity contribution in [1.29, 1.82) is 5.26 Å². The van der Waals surface area contributed by atoms with E-state index in [-0.39, 0.29) is 17.1 Å². The molecule has 0 bridgehead atoms. The minimum Gasteiger partial charge on any atom is -0.506 e. The lowest BCUT2D eigenvalue weighted by atomic mass is 9.95. The predicted molar refractivity (Wildman–Crippen MR) is 99.1 cm³/mol. The zero-order valence-electron chi connectivity index (χ0n) is 14.1. The van der Waals surface area contributed by atoms with E-state index in [1.165, 1.54) is 13.2 Å². The Kier molecular flexibility index (Phi) is 4.59. The first-order chi connectivity index (χ1) is 12.5. The molecule has 0 aliphatic rings. The van der Waals surface area contributed by atoms with Crippen molar-refractivity contribution in [2.75, 3.05) is 12.8 Å². The number of benzene rings is 3. The highest BCUT2D eigenvalue weighted by atomic mass is 16.5. The number of nitrogen functional groups attached to an aromatic ring is 1. The number of nitriles is 1. The summed E-state index contributed by atoms with van der Waals surface area (Å²) in [6.45, 7) is 0. The van der Waals surface area contributed by atoms with E-state index in [4.69, 9.17) is 15.7 Å². The van der Waals surface area contributed by atoms with Crippen LogP contribution in [0.4, 0.5) is 5.69 Å². The van der Waals surface area contributed by atoms with Crippen molar-refractivity contribution in [2.24, 2.45) is 0 Å². The monoisotopic (exact) mass is 344 g/mol. The van der Waals surface area contributed by atoms with Gasteiger partial charge in [-0.25, -0.2) is 0 Å². The number of nitrogens with zero attached hydrogens (tertiary/aromatic N) is 1. The van der Waals surface area contributed by atoms with Crippen LogP contribution in [-0.4, -0.2) is 18.0 Å². The fourth-order valence-corrected chi connectivity index (χ4v) is 2.75. The van der Waals surface area contributed by atoms with Crippen LogP contribution in [-0.2, 0) is 0 Å². The lowest BCUT2D eigenvalue weighted by molar-refractivity contribution is 0.103. The van der Waals surface area contributed by atoms with Crippen molar-refractivity contribution >= 4 is 11.5 Å². The Hall–Kier alpha value is -3.78. The number of methoxy groups -OCH3 is 1. The van der Waals surface area contributed by atoms with Gasteiger partial charge >= 0.3 is 0 Å². The molecule has 3 N–H and O–H groups in total. The molecule has 0 atom stereocenters. The third-order valence-electron chi connectivity index (χ3n) is 4.06. The molecule has 5 nitrogen and oxygen atoms in total. The van der Waals surface area contributed by atoms with E-state index < -0.39 is 0 Å². The lowest BCUT2D eigenvalue weighted by Crippen LogP contribution is -2.03. The molecule has 0 heterocycles. The summed E-state index contributed by atoms with van der Waals surface area (Å²) in [6.07, 6.45) is 0. The first kappa shape index (κ1) is 17.1. The van der Waals surface area contributed by atoms with Crippen molar-refractivity contribution in [3.63, 3.8) is 0 Å². The van der Waals surface area contributed by atoms with Crippen LogP contribution >= 0.6 is 0 Å². The van der Waals surface area contributed by atoms with E-state index in [2.05, 4.69) is 0 Å². The Balaban J connectivity index is 2.13. The molecule has 0 radical (unpaired) electrons. The molecule has 3 rings (SSSR count). The molecule has 128 valence electrons. The SMILES string of the molecule is COc1ccc(C(=O)c2ccc(C#N)cc2)c(O)c1-c1cccc(N)c1. The van der Waals surface area contributed by atoms with Crippen molar-refractivity contribution in [3.8, 4) is 28.7 Å². The Morgan fingerprint density at radius 2 is 1.85 bits per heavy atom. The van der Waals surface area contributed by atoms with Crippen LogP contribution in [0.2, 0.25) is 0 Å². The minimum atomic E-state index is -0.347. The zero-order valence-corrected chi connectivity index (χ0v) is 14.1. The van der Waals surface area contributed by atoms with Crippen LogP contribution in [0.5, 0.6) is 11.5 Å². The molecule has 3 aromatic rings. The standard InChI is InChI=1S/C21H16N2O3/c1-26-18-10-9-17(20(24)14-7-5-13(12-22)6-8-14)21(25)19(18)15-3-2-4-16(23)11-15/h2-11,25H,23H2,1H3. The average Bonchev–Trinajstić information content (AvgIpc) is 2.67. The summed E-state index contributed by atoms with van der Waals surface area (Å²) in [7, 11) is 1.49. The predicted octanol–water partition coefficient (Wildman–Crippen LogP) is 3.75. The molecule has 0 aliphatic carbocycles. The van der Waals surface area contributed by atoms with Gasteiger partial charge in [0.2, 0.25) is 0 Å². The van der Waals surface area contributed by atoms with Crippen LogP contribution < -0.4 is 10.5 Å². The first-order valence-electron chi connectivity index (χ1n) is 7.86. The molecule has 0 unspecified atom stereocenters. The van der Waals surface area contributed by atoms with Gasteiger partial charge in [0.25, 0.3) is 0 Å². The molecule has 5 heteroatoms. The number of phenolic OH excluding ortho intramolecular Hbond substituents is 1. The van der Waals surface area contributed by atoms with Crippen molar-refractivity contribution in [1.82, 2.24) is 0 Å². The zero-order chi connectivity index (χ0) is 18.7. The normalized spacial score (nSPS) is 10.2. The topological polar surface area (TPSA) is 96.3 Å². The van der Waals surface area contributed by atoms with Crippen molar-refractivity contribution in [2.45, 2.75) is 0 Å². The van der Waals surface area contributed by atoms with Crippen LogP contribution in [0.1, 0.15) is 21.5 Å². The second-order valence-electron chi connectivity index (χ2n) is 5.68. The van der Waals surface area contributed by atoms with E-state index >= 15 is 0 Å². The summed E-state index contributed by atoms with van der Waals surface area (Å²) in [5.41, 5.74) is 8.41. The van der Waals surface area contributed by atoms with E-state index in [1.807, 2.05) is 6.07 Å². The second kappa shape index (κ2) is 6.99. The van der Waals surface area contributed by atoms with Crippen LogP contribution in [0.15, 0.2) is 60.7 Å². The number of ketones is 1. The number of hydrogen-bond acceptors (Lipinski definition) is 5. The molecule has 0 aromatic heterocycles. The van der Waals surface area contributed by atoms with E-state index in [0.717, 1.165) is 0 Å². The minimum absolute atomic E-state index is 0.146. The second-order valence-corrected chi connectivity index (χ2v) is 5.68. The maximum absolute atomic E-state index is 12.8. The van der Waals surface area contributed by atoms with Gasteiger partial charge in [-0.15, -0.1) is 0 Å². The number of carbonyl (C=O) groups excluding carboxylic acids is 1. The quantitative estimate of drug-likeness (QED) is 0.555. The molecule has 0 saturated heterocycles. The highest BCUT2D eigenvalue weighted by molar-refractivity contribution is 6.12. The highest BCUT2D eigenvalue weighted by Gasteiger charge is 2.21. The van der Waals surface area contributed by atoms with E-state index in [1.54, 1.807) is 54.6 Å². The smallest absolute Gasteiger partial charge is 0.196 e. The Bertz CT molecular complexity index is 1020. The Morgan fingerprint density at radius 3 is 2.46 bits per heavy atom. The van der Waals surface area contributed by atoms with Gasteiger partial charge in [0.05, 0.1) is 29.9 Å². The molecule has 3 aromatic carbocycles. The number of ether oxygens (including phenoxy) is 1. The molecule has 26 heavy (non-hydrogen) atoms.